The molecule has 120 valence electrons. The summed E-state index contributed by atoms with van der Waals surface area (Å²) in [5, 5.41) is 20.7. The molecule has 0 spiro atoms. The normalized spacial score (nSPS) is 10.7. The van der Waals surface area contributed by atoms with E-state index in [1.807, 2.05) is 0 Å². The second-order valence-electron chi connectivity index (χ2n) is 4.10. The summed E-state index contributed by atoms with van der Waals surface area (Å²) in [4.78, 5) is 21.8. The number of halogens is 2. The lowest BCUT2D eigenvalue weighted by molar-refractivity contribution is -0.385. The van der Waals surface area contributed by atoms with Gasteiger partial charge in [-0.1, -0.05) is 23.2 Å². The van der Waals surface area contributed by atoms with E-state index < -0.39 is 16.5 Å². The summed E-state index contributed by atoms with van der Waals surface area (Å²) in [6, 6.07) is 3.02. The highest BCUT2D eigenvalue weighted by molar-refractivity contribution is 6.36. The third kappa shape index (κ3) is 3.76. The average molecular weight is 358 g/mol. The largest absolute Gasteiger partial charge is 0.495 e. The van der Waals surface area contributed by atoms with Crippen molar-refractivity contribution in [3.63, 3.8) is 0 Å². The van der Waals surface area contributed by atoms with Crippen LogP contribution < -0.4 is 10.2 Å². The number of carbonyl (C=O) groups excluding carboxylic acids is 1. The summed E-state index contributed by atoms with van der Waals surface area (Å²) in [5.74, 6) is -0.501. The Labute approximate surface area is 139 Å². The van der Waals surface area contributed by atoms with E-state index in [1.165, 1.54) is 25.5 Å². The maximum absolute atomic E-state index is 11.8. The molecule has 2 aromatic rings. The molecule has 0 unspecified atom stereocenters. The topological polar surface area (TPSA) is 123 Å². The van der Waals surface area contributed by atoms with Crippen LogP contribution in [0, 0.1) is 10.1 Å². The zero-order valence-electron chi connectivity index (χ0n) is 11.5. The Kier molecular flexibility index (Phi) is 5.14. The van der Waals surface area contributed by atoms with Crippen molar-refractivity contribution >= 4 is 41.0 Å². The van der Waals surface area contributed by atoms with E-state index in [0.717, 1.165) is 6.20 Å². The maximum Gasteiger partial charge on any atom is 0.319 e. The number of amides is 1. The first-order valence-corrected chi connectivity index (χ1v) is 6.73. The lowest BCUT2D eigenvalue weighted by Gasteiger charge is -2.07. The van der Waals surface area contributed by atoms with Crippen LogP contribution in [0.25, 0.3) is 0 Å². The van der Waals surface area contributed by atoms with Gasteiger partial charge in [-0.3, -0.25) is 20.0 Å². The van der Waals surface area contributed by atoms with Gasteiger partial charge in [0.2, 0.25) is 5.69 Å². The van der Waals surface area contributed by atoms with Crippen molar-refractivity contribution < 1.29 is 14.5 Å². The molecule has 0 atom stereocenters. The first-order valence-electron chi connectivity index (χ1n) is 5.98. The molecule has 0 aliphatic heterocycles. The van der Waals surface area contributed by atoms with Crippen LogP contribution in [0.1, 0.15) is 16.1 Å². The van der Waals surface area contributed by atoms with Crippen molar-refractivity contribution in [3.05, 3.63) is 49.7 Å². The van der Waals surface area contributed by atoms with Crippen LogP contribution in [0.4, 0.5) is 5.69 Å². The standard InChI is InChI=1S/C12H9Cl2N5O4/c1-23-11-6(2-7(13)3-8(11)14)4-15-18-12(20)10-9(19(21)22)5-16-17-10/h2-5H,1H3,(H,16,17)(H,18,20)/b15-4-. The molecule has 2 N–H and O–H groups in total. The Hall–Kier alpha value is -2.65. The molecule has 1 aromatic carbocycles. The van der Waals surface area contributed by atoms with Crippen molar-refractivity contribution in [1.29, 1.82) is 0 Å². The van der Waals surface area contributed by atoms with Gasteiger partial charge in [-0.05, 0) is 12.1 Å². The van der Waals surface area contributed by atoms with Crippen LogP contribution in [-0.2, 0) is 0 Å². The monoisotopic (exact) mass is 357 g/mol. The zero-order valence-corrected chi connectivity index (χ0v) is 13.1. The number of rotatable bonds is 5. The third-order valence-electron chi connectivity index (χ3n) is 2.65. The fourth-order valence-electron chi connectivity index (χ4n) is 1.69. The quantitative estimate of drug-likeness (QED) is 0.483. The van der Waals surface area contributed by atoms with Gasteiger partial charge in [-0.15, -0.1) is 0 Å². The number of ether oxygens (including phenoxy) is 1. The molecule has 1 heterocycles. The van der Waals surface area contributed by atoms with Gasteiger partial charge in [-0.25, -0.2) is 5.43 Å². The number of hydrogen-bond donors (Lipinski definition) is 2. The highest BCUT2D eigenvalue weighted by Gasteiger charge is 2.22. The minimum atomic E-state index is -0.822. The summed E-state index contributed by atoms with van der Waals surface area (Å²) in [7, 11) is 1.42. The lowest BCUT2D eigenvalue weighted by Crippen LogP contribution is -2.19. The fraction of sp³-hybridized carbons (Fsp3) is 0.0833. The number of methoxy groups -OCH3 is 1. The van der Waals surface area contributed by atoms with Crippen LogP contribution >= 0.6 is 23.2 Å². The van der Waals surface area contributed by atoms with Gasteiger partial charge in [0.15, 0.2) is 0 Å². The Morgan fingerprint density at radius 2 is 2.26 bits per heavy atom. The molecular weight excluding hydrogens is 349 g/mol. The maximum atomic E-state index is 11.8. The van der Waals surface area contributed by atoms with Crippen molar-refractivity contribution in [1.82, 2.24) is 15.6 Å². The van der Waals surface area contributed by atoms with E-state index in [9.17, 15) is 14.9 Å². The molecule has 11 heteroatoms. The molecule has 1 amide bonds. The molecule has 0 fully saturated rings. The second-order valence-corrected chi connectivity index (χ2v) is 4.94. The average Bonchev–Trinajstić information content (AvgIpc) is 2.96. The van der Waals surface area contributed by atoms with Crippen molar-refractivity contribution in [2.24, 2.45) is 5.10 Å². The molecule has 0 aliphatic rings. The summed E-state index contributed by atoms with van der Waals surface area (Å²) in [6.07, 6.45) is 2.18. The molecule has 0 saturated heterocycles. The van der Waals surface area contributed by atoms with Gasteiger partial charge in [0.1, 0.15) is 11.9 Å². The number of nitro groups is 1. The number of benzene rings is 1. The molecule has 0 saturated carbocycles. The van der Waals surface area contributed by atoms with Gasteiger partial charge in [-0.2, -0.15) is 10.2 Å². The minimum Gasteiger partial charge on any atom is -0.495 e. The predicted octanol–water partition coefficient (Wildman–Crippen LogP) is 2.40. The Bertz CT molecular complexity index is 790. The number of hydrogen-bond acceptors (Lipinski definition) is 6. The highest BCUT2D eigenvalue weighted by Crippen LogP contribution is 2.31. The van der Waals surface area contributed by atoms with E-state index in [4.69, 9.17) is 27.9 Å². The van der Waals surface area contributed by atoms with Crippen molar-refractivity contribution in [2.45, 2.75) is 0 Å². The van der Waals surface area contributed by atoms with E-state index in [0.29, 0.717) is 16.3 Å². The number of hydrazone groups is 1. The number of nitrogens with zero attached hydrogens (tertiary/aromatic N) is 3. The SMILES string of the molecule is COc1c(Cl)cc(Cl)cc1/C=N\NC(=O)c1[nH]ncc1[N+](=O)[O-]. The van der Waals surface area contributed by atoms with Gasteiger partial charge >= 0.3 is 5.69 Å². The van der Waals surface area contributed by atoms with Gasteiger partial charge in [0.25, 0.3) is 5.91 Å². The minimum absolute atomic E-state index is 0.275. The molecule has 2 rings (SSSR count). The van der Waals surface area contributed by atoms with Crippen molar-refractivity contribution in [3.8, 4) is 5.75 Å². The summed E-state index contributed by atoms with van der Waals surface area (Å²) in [5.41, 5.74) is 1.78. The molecule has 23 heavy (non-hydrogen) atoms. The fourth-order valence-corrected chi connectivity index (χ4v) is 2.28. The Morgan fingerprint density at radius 3 is 2.91 bits per heavy atom. The smallest absolute Gasteiger partial charge is 0.319 e. The van der Waals surface area contributed by atoms with Crippen LogP contribution in [0.5, 0.6) is 5.75 Å². The molecular formula is C12H9Cl2N5O4. The zero-order chi connectivity index (χ0) is 17.0. The number of aromatic amines is 1. The van der Waals surface area contributed by atoms with Gasteiger partial charge < -0.3 is 4.74 Å². The van der Waals surface area contributed by atoms with E-state index in [1.54, 1.807) is 0 Å². The van der Waals surface area contributed by atoms with E-state index in [-0.39, 0.29) is 10.7 Å². The number of H-pyrrole nitrogens is 1. The third-order valence-corrected chi connectivity index (χ3v) is 3.15. The van der Waals surface area contributed by atoms with E-state index >= 15 is 0 Å². The van der Waals surface area contributed by atoms with E-state index in [2.05, 4.69) is 20.7 Å². The van der Waals surface area contributed by atoms with Crippen LogP contribution in [0.15, 0.2) is 23.4 Å². The van der Waals surface area contributed by atoms with Crippen LogP contribution in [-0.4, -0.2) is 34.4 Å². The number of aromatic nitrogens is 2. The second kappa shape index (κ2) is 7.07. The molecule has 0 bridgehead atoms. The van der Waals surface area contributed by atoms with Crippen molar-refractivity contribution in [2.75, 3.05) is 7.11 Å². The van der Waals surface area contributed by atoms with Gasteiger partial charge in [0, 0.05) is 10.6 Å². The summed E-state index contributed by atoms with van der Waals surface area (Å²) < 4.78 is 5.11. The molecule has 0 radical (unpaired) electrons. The lowest BCUT2D eigenvalue weighted by atomic mass is 10.2. The first kappa shape index (κ1) is 16.7. The van der Waals surface area contributed by atoms with Crippen LogP contribution in [0.2, 0.25) is 10.0 Å². The Balaban J connectivity index is 2.18. The summed E-state index contributed by atoms with van der Waals surface area (Å²) >= 11 is 11.8. The number of carbonyl (C=O) groups is 1. The summed E-state index contributed by atoms with van der Waals surface area (Å²) in [6.45, 7) is 0. The molecule has 9 nitrogen and oxygen atoms in total. The highest BCUT2D eigenvalue weighted by atomic mass is 35.5. The van der Waals surface area contributed by atoms with Crippen LogP contribution in [0.3, 0.4) is 0 Å². The first-order chi connectivity index (χ1) is 10.9. The predicted molar refractivity (Wildman–Crippen MR) is 83.3 cm³/mol. The molecule has 0 aliphatic carbocycles. The Morgan fingerprint density at radius 1 is 1.52 bits per heavy atom. The number of nitrogens with one attached hydrogen (secondary N) is 2. The van der Waals surface area contributed by atoms with Gasteiger partial charge in [0.05, 0.1) is 23.3 Å². The molecule has 1 aromatic heterocycles.